The van der Waals surface area contributed by atoms with Crippen molar-refractivity contribution in [2.24, 2.45) is 7.05 Å². The van der Waals surface area contributed by atoms with E-state index < -0.39 is 11.9 Å². The summed E-state index contributed by atoms with van der Waals surface area (Å²) in [5.41, 5.74) is 1.12. The van der Waals surface area contributed by atoms with Crippen molar-refractivity contribution in [3.05, 3.63) is 48.2 Å². The molecule has 0 aliphatic heterocycles. The molecule has 0 aliphatic rings. The van der Waals surface area contributed by atoms with Crippen molar-refractivity contribution < 1.29 is 14.7 Å². The van der Waals surface area contributed by atoms with Gasteiger partial charge in [0.25, 0.3) is 5.91 Å². The van der Waals surface area contributed by atoms with Gasteiger partial charge in [0.1, 0.15) is 11.4 Å². The molecule has 0 unspecified atom stereocenters. The molecule has 9 nitrogen and oxygen atoms in total. The first-order valence-corrected chi connectivity index (χ1v) is 8.13. The van der Waals surface area contributed by atoms with Crippen LogP contribution in [0.2, 0.25) is 0 Å². The van der Waals surface area contributed by atoms with Gasteiger partial charge in [0.05, 0.1) is 30.1 Å². The number of aryl methyl sites for hydroxylation is 2. The van der Waals surface area contributed by atoms with Gasteiger partial charge in [0, 0.05) is 30.9 Å². The van der Waals surface area contributed by atoms with E-state index in [-0.39, 0.29) is 17.1 Å². The van der Waals surface area contributed by atoms with Crippen molar-refractivity contribution in [1.82, 2.24) is 24.5 Å². The van der Waals surface area contributed by atoms with Crippen LogP contribution in [0.4, 0.5) is 5.69 Å². The van der Waals surface area contributed by atoms with E-state index in [1.165, 1.54) is 16.9 Å². The Balaban J connectivity index is 1.83. The molecule has 3 heterocycles. The predicted molar refractivity (Wildman–Crippen MR) is 91.7 cm³/mol. The highest BCUT2D eigenvalue weighted by atomic mass is 35.5. The number of carboxylic acid groups (broad SMARTS) is 1. The molecule has 26 heavy (non-hydrogen) atoms. The van der Waals surface area contributed by atoms with Gasteiger partial charge in [-0.1, -0.05) is 6.07 Å². The number of hydrogen-bond donors (Lipinski definition) is 1. The molecule has 0 aromatic carbocycles. The van der Waals surface area contributed by atoms with Crippen LogP contribution in [-0.4, -0.2) is 42.3 Å². The van der Waals surface area contributed by atoms with Crippen LogP contribution in [0.1, 0.15) is 21.0 Å². The fourth-order valence-electron chi connectivity index (χ4n) is 2.34. The Hall–Kier alpha value is -3.20. The zero-order valence-electron chi connectivity index (χ0n) is 13.7. The lowest BCUT2D eigenvalue weighted by Crippen LogP contribution is -2.25. The van der Waals surface area contributed by atoms with Crippen molar-refractivity contribution in [1.29, 1.82) is 0 Å². The third-order valence-corrected chi connectivity index (χ3v) is 3.66. The van der Waals surface area contributed by atoms with Crippen molar-refractivity contribution in [3.63, 3.8) is 0 Å². The molecule has 134 valence electrons. The molecule has 0 aliphatic carbocycles. The number of anilines is 1. The zero-order chi connectivity index (χ0) is 18.7. The van der Waals surface area contributed by atoms with Gasteiger partial charge in [-0.05, 0) is 12.1 Å². The summed E-state index contributed by atoms with van der Waals surface area (Å²) in [5.74, 6) is -1.60. The average Bonchev–Trinajstić information content (AvgIpc) is 3.22. The van der Waals surface area contributed by atoms with Gasteiger partial charge < -0.3 is 15.2 Å². The van der Waals surface area contributed by atoms with Gasteiger partial charge >= 0.3 is 0 Å². The third kappa shape index (κ3) is 3.72. The van der Waals surface area contributed by atoms with Gasteiger partial charge in [-0.3, -0.25) is 14.2 Å². The van der Waals surface area contributed by atoms with E-state index in [4.69, 9.17) is 11.6 Å². The number of alkyl halides is 1. The quantitative estimate of drug-likeness (QED) is 0.630. The Labute approximate surface area is 153 Å². The maximum absolute atomic E-state index is 12.4. The third-order valence-electron chi connectivity index (χ3n) is 3.49. The number of carbonyl (C=O) groups is 2. The standard InChI is InChI=1S/C16H15ClN6O3/c1-22-9-13(14(21-22)16(25)26)20-15(24)12-4-2-3-11(19-12)10-7-18-23(8-10)6-5-17/h2-4,7-9H,5-6H2,1H3,(H,20,24)(H,25,26)/p-1. The van der Waals surface area contributed by atoms with Gasteiger partial charge in [-0.15, -0.1) is 11.6 Å². The minimum Gasteiger partial charge on any atom is -0.543 e. The van der Waals surface area contributed by atoms with Crippen LogP contribution in [0.5, 0.6) is 0 Å². The van der Waals surface area contributed by atoms with Crippen LogP contribution in [0.15, 0.2) is 36.8 Å². The Morgan fingerprint density at radius 2 is 2.12 bits per heavy atom. The summed E-state index contributed by atoms with van der Waals surface area (Å²) in [7, 11) is 1.54. The number of aromatic nitrogens is 5. The summed E-state index contributed by atoms with van der Waals surface area (Å²) in [6, 6.07) is 4.95. The summed E-state index contributed by atoms with van der Waals surface area (Å²) in [6.07, 6.45) is 4.79. The Kier molecular flexibility index (Phi) is 4.99. The highest BCUT2D eigenvalue weighted by Crippen LogP contribution is 2.18. The van der Waals surface area contributed by atoms with Crippen molar-refractivity contribution in [3.8, 4) is 11.3 Å². The van der Waals surface area contributed by atoms with Crippen molar-refractivity contribution >= 4 is 29.2 Å². The number of hydrogen-bond acceptors (Lipinski definition) is 6. The topological polar surface area (TPSA) is 118 Å². The number of nitrogens with zero attached hydrogens (tertiary/aromatic N) is 5. The minimum absolute atomic E-state index is 0.0413. The zero-order valence-corrected chi connectivity index (χ0v) is 14.5. The molecule has 0 atom stereocenters. The molecule has 3 aromatic rings. The predicted octanol–water partition coefficient (Wildman–Crippen LogP) is 0.533. The smallest absolute Gasteiger partial charge is 0.274 e. The second kappa shape index (κ2) is 7.36. The number of carboxylic acids is 1. The van der Waals surface area contributed by atoms with E-state index in [9.17, 15) is 14.7 Å². The first-order chi connectivity index (χ1) is 12.5. The molecule has 1 N–H and O–H groups in total. The van der Waals surface area contributed by atoms with Crippen LogP contribution < -0.4 is 10.4 Å². The first-order valence-electron chi connectivity index (χ1n) is 7.60. The first kappa shape index (κ1) is 17.6. The summed E-state index contributed by atoms with van der Waals surface area (Å²) < 4.78 is 2.95. The largest absolute Gasteiger partial charge is 0.543 e. The van der Waals surface area contributed by atoms with Gasteiger partial charge in [-0.2, -0.15) is 10.2 Å². The number of amides is 1. The second-order valence-electron chi connectivity index (χ2n) is 5.40. The molecule has 0 saturated carbocycles. The van der Waals surface area contributed by atoms with Crippen LogP contribution in [0, 0.1) is 0 Å². The number of carbonyl (C=O) groups excluding carboxylic acids is 2. The van der Waals surface area contributed by atoms with Crippen LogP contribution in [-0.2, 0) is 13.6 Å². The molecule has 3 aromatic heterocycles. The fourth-order valence-corrected chi connectivity index (χ4v) is 2.52. The number of halogens is 1. The molecule has 1 amide bonds. The summed E-state index contributed by atoms with van der Waals surface area (Å²) in [6.45, 7) is 0.564. The highest BCUT2D eigenvalue weighted by molar-refractivity contribution is 6.17. The summed E-state index contributed by atoms with van der Waals surface area (Å²) >= 11 is 5.69. The summed E-state index contributed by atoms with van der Waals surface area (Å²) in [5, 5.41) is 21.5. The van der Waals surface area contributed by atoms with Crippen molar-refractivity contribution in [2.45, 2.75) is 6.54 Å². The maximum Gasteiger partial charge on any atom is 0.274 e. The molecule has 10 heteroatoms. The minimum atomic E-state index is -1.48. The lowest BCUT2D eigenvalue weighted by Gasteiger charge is -2.06. The van der Waals surface area contributed by atoms with E-state index in [0.29, 0.717) is 18.1 Å². The van der Waals surface area contributed by atoms with E-state index in [1.54, 1.807) is 36.3 Å². The number of nitrogens with one attached hydrogen (secondary N) is 1. The number of rotatable bonds is 6. The molecule has 0 fully saturated rings. The molecule has 0 bridgehead atoms. The van der Waals surface area contributed by atoms with E-state index in [0.717, 1.165) is 5.56 Å². The maximum atomic E-state index is 12.4. The lowest BCUT2D eigenvalue weighted by molar-refractivity contribution is -0.255. The fraction of sp³-hybridized carbons (Fsp3) is 0.188. The Morgan fingerprint density at radius 3 is 2.85 bits per heavy atom. The van der Waals surface area contributed by atoms with E-state index in [1.807, 2.05) is 0 Å². The monoisotopic (exact) mass is 373 g/mol. The van der Waals surface area contributed by atoms with Crippen LogP contribution in [0.3, 0.4) is 0 Å². The van der Waals surface area contributed by atoms with Gasteiger partial charge in [0.15, 0.2) is 0 Å². The Morgan fingerprint density at radius 1 is 1.31 bits per heavy atom. The van der Waals surface area contributed by atoms with Gasteiger partial charge in [0.2, 0.25) is 0 Å². The molecule has 0 spiro atoms. The van der Waals surface area contributed by atoms with E-state index in [2.05, 4.69) is 20.5 Å². The normalized spacial score (nSPS) is 10.7. The average molecular weight is 374 g/mol. The second-order valence-corrected chi connectivity index (χ2v) is 5.77. The van der Waals surface area contributed by atoms with Crippen molar-refractivity contribution in [2.75, 3.05) is 11.2 Å². The van der Waals surface area contributed by atoms with Crippen LogP contribution in [0.25, 0.3) is 11.3 Å². The van der Waals surface area contributed by atoms with E-state index >= 15 is 0 Å². The SMILES string of the molecule is Cn1cc(NC(=O)c2cccc(-c3cnn(CCCl)c3)n2)c(C(=O)[O-])n1. The molecule has 3 rings (SSSR count). The van der Waals surface area contributed by atoms with Gasteiger partial charge in [-0.25, -0.2) is 4.98 Å². The molecular weight excluding hydrogens is 360 g/mol. The highest BCUT2D eigenvalue weighted by Gasteiger charge is 2.15. The number of pyridine rings is 1. The Bertz CT molecular complexity index is 965. The molecule has 0 saturated heterocycles. The van der Waals surface area contributed by atoms with Crippen LogP contribution >= 0.6 is 11.6 Å². The lowest BCUT2D eigenvalue weighted by atomic mass is 10.2. The summed E-state index contributed by atoms with van der Waals surface area (Å²) in [4.78, 5) is 27.8. The molecular formula is C16H14ClN6O3-. The number of aromatic carboxylic acids is 1. The molecule has 0 radical (unpaired) electrons.